The number of halogens is 1. The number of rotatable bonds is 2. The van der Waals surface area contributed by atoms with Gasteiger partial charge in [0.15, 0.2) is 0 Å². The fraction of sp³-hybridized carbons (Fsp3) is 0.417. The molecule has 1 aliphatic heterocycles. The summed E-state index contributed by atoms with van der Waals surface area (Å²) in [4.78, 5) is 13.0. The van der Waals surface area contributed by atoms with Crippen molar-refractivity contribution in [2.24, 2.45) is 0 Å². The molecule has 0 atom stereocenters. The van der Waals surface area contributed by atoms with E-state index >= 15 is 0 Å². The number of hydrogen-bond donors (Lipinski definition) is 1. The number of hydrogen-bond acceptors (Lipinski definition) is 4. The number of carbonyl (C=O) groups is 1. The Kier molecular flexibility index (Phi) is 4.36. The summed E-state index contributed by atoms with van der Waals surface area (Å²) in [7, 11) is -3.61. The average Bonchev–Trinajstić information content (AvgIpc) is 2.38. The minimum absolute atomic E-state index is 0.0368. The van der Waals surface area contributed by atoms with Gasteiger partial charge in [-0.1, -0.05) is 15.9 Å². The molecule has 110 valence electrons. The molecule has 1 fully saturated rings. The van der Waals surface area contributed by atoms with Crippen LogP contribution < -0.4 is 5.73 Å². The van der Waals surface area contributed by atoms with E-state index in [0.717, 1.165) is 4.47 Å². The lowest BCUT2D eigenvalue weighted by Crippen LogP contribution is -2.50. The zero-order valence-corrected chi connectivity index (χ0v) is 13.4. The molecule has 0 aromatic heterocycles. The third kappa shape index (κ3) is 2.97. The highest BCUT2D eigenvalue weighted by Crippen LogP contribution is 2.26. The zero-order chi connectivity index (χ0) is 14.9. The van der Waals surface area contributed by atoms with E-state index in [1.165, 1.54) is 17.3 Å². The van der Waals surface area contributed by atoms with Crippen LogP contribution in [0, 0.1) is 0 Å². The summed E-state index contributed by atoms with van der Waals surface area (Å²) >= 11 is 3.25. The van der Waals surface area contributed by atoms with Gasteiger partial charge in [-0.3, -0.25) is 4.79 Å². The molecule has 6 nitrogen and oxygen atoms in total. The SMILES string of the molecule is CC(=O)N1CCN(S(=O)(=O)c2ccc(Br)cc2N)CC1. The van der Waals surface area contributed by atoms with Gasteiger partial charge in [0.05, 0.1) is 5.69 Å². The summed E-state index contributed by atoms with van der Waals surface area (Å²) in [6.45, 7) is 2.88. The highest BCUT2D eigenvalue weighted by molar-refractivity contribution is 9.10. The van der Waals surface area contributed by atoms with E-state index in [4.69, 9.17) is 5.73 Å². The van der Waals surface area contributed by atoms with Gasteiger partial charge >= 0.3 is 0 Å². The maximum Gasteiger partial charge on any atom is 0.245 e. The van der Waals surface area contributed by atoms with Gasteiger partial charge < -0.3 is 10.6 Å². The van der Waals surface area contributed by atoms with Crippen LogP contribution in [0.1, 0.15) is 6.92 Å². The number of amides is 1. The maximum absolute atomic E-state index is 12.5. The second-order valence-electron chi connectivity index (χ2n) is 4.59. The number of nitrogens with two attached hydrogens (primary N) is 1. The first-order chi connectivity index (χ1) is 9.32. The van der Waals surface area contributed by atoms with E-state index in [1.807, 2.05) is 0 Å². The molecule has 1 saturated heterocycles. The smallest absolute Gasteiger partial charge is 0.245 e. The van der Waals surface area contributed by atoms with Crippen LogP contribution >= 0.6 is 15.9 Å². The molecule has 8 heteroatoms. The summed E-state index contributed by atoms with van der Waals surface area (Å²) in [5, 5.41) is 0. The Morgan fingerprint density at radius 1 is 1.25 bits per heavy atom. The number of benzene rings is 1. The van der Waals surface area contributed by atoms with Crippen LogP contribution in [0.15, 0.2) is 27.6 Å². The van der Waals surface area contributed by atoms with Crippen LogP contribution in [0.25, 0.3) is 0 Å². The summed E-state index contributed by atoms with van der Waals surface area (Å²) in [5.41, 5.74) is 6.01. The fourth-order valence-corrected chi connectivity index (χ4v) is 4.03. The first-order valence-electron chi connectivity index (χ1n) is 6.13. The fourth-order valence-electron chi connectivity index (χ4n) is 2.14. The number of nitrogen functional groups attached to an aromatic ring is 1. The Hall–Kier alpha value is -1.12. The van der Waals surface area contributed by atoms with Crippen molar-refractivity contribution in [3.63, 3.8) is 0 Å². The number of anilines is 1. The van der Waals surface area contributed by atoms with E-state index in [2.05, 4.69) is 15.9 Å². The number of carbonyl (C=O) groups excluding carboxylic acids is 1. The van der Waals surface area contributed by atoms with Gasteiger partial charge in [-0.25, -0.2) is 8.42 Å². The van der Waals surface area contributed by atoms with Crippen LogP contribution in [0.2, 0.25) is 0 Å². The molecule has 1 aromatic rings. The third-order valence-corrected chi connectivity index (χ3v) is 5.74. The first kappa shape index (κ1) is 15.3. The van der Waals surface area contributed by atoms with Crippen LogP contribution in [-0.2, 0) is 14.8 Å². The number of piperazine rings is 1. The molecule has 0 unspecified atom stereocenters. The molecule has 0 bridgehead atoms. The Labute approximate surface area is 126 Å². The van der Waals surface area contributed by atoms with Gasteiger partial charge in [-0.05, 0) is 18.2 Å². The van der Waals surface area contributed by atoms with Crippen molar-refractivity contribution in [3.05, 3.63) is 22.7 Å². The second kappa shape index (κ2) is 5.71. The van der Waals surface area contributed by atoms with Crippen molar-refractivity contribution in [2.45, 2.75) is 11.8 Å². The van der Waals surface area contributed by atoms with Crippen molar-refractivity contribution < 1.29 is 13.2 Å². The molecule has 1 heterocycles. The molecule has 0 spiro atoms. The van der Waals surface area contributed by atoms with Crippen LogP contribution in [0.5, 0.6) is 0 Å². The van der Waals surface area contributed by atoms with Gasteiger partial charge in [0.25, 0.3) is 0 Å². The van der Waals surface area contributed by atoms with Crippen LogP contribution in [-0.4, -0.2) is 49.7 Å². The molecule has 1 amide bonds. The largest absolute Gasteiger partial charge is 0.398 e. The predicted molar refractivity (Wildman–Crippen MR) is 79.6 cm³/mol. The van der Waals surface area contributed by atoms with Gasteiger partial charge in [-0.15, -0.1) is 0 Å². The molecule has 0 aliphatic carbocycles. The number of sulfonamides is 1. The van der Waals surface area contributed by atoms with E-state index in [1.54, 1.807) is 17.0 Å². The minimum atomic E-state index is -3.61. The summed E-state index contributed by atoms with van der Waals surface area (Å²) in [6, 6.07) is 4.71. The molecular formula is C12H16BrN3O3S. The first-order valence-corrected chi connectivity index (χ1v) is 8.36. The molecular weight excluding hydrogens is 346 g/mol. The maximum atomic E-state index is 12.5. The monoisotopic (exact) mass is 361 g/mol. The topological polar surface area (TPSA) is 83.7 Å². The lowest BCUT2D eigenvalue weighted by atomic mass is 10.3. The normalized spacial score (nSPS) is 17.2. The quantitative estimate of drug-likeness (QED) is 0.792. The molecule has 2 N–H and O–H groups in total. The molecule has 0 saturated carbocycles. The summed E-state index contributed by atoms with van der Waals surface area (Å²) in [6.07, 6.45) is 0. The molecule has 1 aliphatic rings. The summed E-state index contributed by atoms with van der Waals surface area (Å²) < 4.78 is 27.1. The standard InChI is InChI=1S/C12H16BrN3O3S/c1-9(17)15-4-6-16(7-5-15)20(18,19)12-3-2-10(13)8-11(12)14/h2-3,8H,4-7,14H2,1H3. The lowest BCUT2D eigenvalue weighted by molar-refractivity contribution is -0.129. The summed E-state index contributed by atoms with van der Waals surface area (Å²) in [5.74, 6) is -0.0368. The van der Waals surface area contributed by atoms with Gasteiger partial charge in [0.1, 0.15) is 4.90 Å². The van der Waals surface area contributed by atoms with Crippen LogP contribution in [0.3, 0.4) is 0 Å². The van der Waals surface area contributed by atoms with Crippen molar-refractivity contribution in [2.75, 3.05) is 31.9 Å². The van der Waals surface area contributed by atoms with E-state index in [9.17, 15) is 13.2 Å². The Morgan fingerprint density at radius 3 is 2.35 bits per heavy atom. The predicted octanol–water partition coefficient (Wildman–Crippen LogP) is 0.884. The third-order valence-electron chi connectivity index (χ3n) is 3.27. The van der Waals surface area contributed by atoms with E-state index in [-0.39, 0.29) is 29.6 Å². The van der Waals surface area contributed by atoms with Crippen LogP contribution in [0.4, 0.5) is 5.69 Å². The average molecular weight is 362 g/mol. The van der Waals surface area contributed by atoms with Gasteiger partial charge in [0.2, 0.25) is 15.9 Å². The van der Waals surface area contributed by atoms with Gasteiger partial charge in [0, 0.05) is 37.6 Å². The van der Waals surface area contributed by atoms with Crippen molar-refractivity contribution >= 4 is 37.5 Å². The lowest BCUT2D eigenvalue weighted by Gasteiger charge is -2.33. The molecule has 1 aromatic carbocycles. The molecule has 2 rings (SSSR count). The van der Waals surface area contributed by atoms with Gasteiger partial charge in [-0.2, -0.15) is 4.31 Å². The van der Waals surface area contributed by atoms with E-state index in [0.29, 0.717) is 13.1 Å². The second-order valence-corrected chi connectivity index (χ2v) is 7.41. The van der Waals surface area contributed by atoms with E-state index < -0.39 is 10.0 Å². The Bertz CT molecular complexity index is 625. The highest BCUT2D eigenvalue weighted by atomic mass is 79.9. The van der Waals surface area contributed by atoms with Crippen molar-refractivity contribution in [1.82, 2.24) is 9.21 Å². The zero-order valence-electron chi connectivity index (χ0n) is 11.0. The van der Waals surface area contributed by atoms with Crippen molar-refractivity contribution in [3.8, 4) is 0 Å². The Balaban J connectivity index is 2.22. The molecule has 0 radical (unpaired) electrons. The Morgan fingerprint density at radius 2 is 1.85 bits per heavy atom. The highest BCUT2D eigenvalue weighted by Gasteiger charge is 2.30. The minimum Gasteiger partial charge on any atom is -0.398 e. The van der Waals surface area contributed by atoms with Crippen molar-refractivity contribution in [1.29, 1.82) is 0 Å². The number of nitrogens with zero attached hydrogens (tertiary/aromatic N) is 2. The molecule has 20 heavy (non-hydrogen) atoms.